The molecule has 0 aliphatic carbocycles. The number of ether oxygens (including phenoxy) is 1. The zero-order chi connectivity index (χ0) is 22.3. The normalized spacial score (nSPS) is 15.2. The van der Waals surface area contributed by atoms with E-state index in [1.165, 1.54) is 17.0 Å². The molecule has 2 N–H and O–H groups in total. The van der Waals surface area contributed by atoms with E-state index in [1.54, 1.807) is 6.92 Å². The van der Waals surface area contributed by atoms with Crippen LogP contribution in [0.5, 0.6) is 5.75 Å². The monoisotopic (exact) mass is 444 g/mol. The number of hydrogen-bond acceptors (Lipinski definition) is 6. The lowest BCUT2D eigenvalue weighted by molar-refractivity contribution is -0.139. The summed E-state index contributed by atoms with van der Waals surface area (Å²) in [5.41, 5.74) is 0.532. The molecule has 1 fully saturated rings. The highest BCUT2D eigenvalue weighted by Crippen LogP contribution is 2.25. The van der Waals surface area contributed by atoms with Crippen LogP contribution in [0.4, 0.5) is 9.18 Å². The summed E-state index contributed by atoms with van der Waals surface area (Å²) in [4.78, 5) is 34.5. The number of nitrogens with one attached hydrogen (secondary N) is 1. The van der Waals surface area contributed by atoms with Crippen LogP contribution in [-0.4, -0.2) is 67.5 Å². The third-order valence-electron chi connectivity index (χ3n) is 4.63. The van der Waals surface area contributed by atoms with Gasteiger partial charge in [0.05, 0.1) is 11.5 Å². The summed E-state index contributed by atoms with van der Waals surface area (Å²) in [6, 6.07) is 3.47. The molecule has 0 bridgehead atoms. The van der Waals surface area contributed by atoms with Gasteiger partial charge >= 0.3 is 12.0 Å². The molecule has 9 nitrogen and oxygen atoms in total. The first-order valence-corrected chi connectivity index (χ1v) is 11.3. The lowest BCUT2D eigenvalue weighted by Gasteiger charge is -2.15. The third-order valence-corrected chi connectivity index (χ3v) is 6.55. The Balaban J connectivity index is 1.80. The van der Waals surface area contributed by atoms with E-state index in [9.17, 15) is 27.2 Å². The zero-order valence-electron chi connectivity index (χ0n) is 16.6. The predicted octanol–water partition coefficient (Wildman–Crippen LogP) is 1.53. The molecule has 1 aromatic rings. The van der Waals surface area contributed by atoms with Crippen LogP contribution in [0.25, 0.3) is 0 Å². The number of carboxylic acids is 1. The fourth-order valence-electron chi connectivity index (χ4n) is 3.10. The van der Waals surface area contributed by atoms with Gasteiger partial charge in [0, 0.05) is 6.54 Å². The van der Waals surface area contributed by atoms with Crippen molar-refractivity contribution < 1.29 is 37.0 Å². The molecule has 166 valence electrons. The Kier molecular flexibility index (Phi) is 8.16. The van der Waals surface area contributed by atoms with Crippen LogP contribution in [0.3, 0.4) is 0 Å². The van der Waals surface area contributed by atoms with Gasteiger partial charge in [-0.2, -0.15) is 0 Å². The molecule has 0 spiro atoms. The van der Waals surface area contributed by atoms with Gasteiger partial charge in [-0.15, -0.1) is 0 Å². The SMILES string of the molecule is C[C@@H](CS(=O)(=O)CCCCCN1CC(=O)NC1=O)c1ccc(F)c(OCC(=O)O)c1. The van der Waals surface area contributed by atoms with Gasteiger partial charge in [-0.1, -0.05) is 19.4 Å². The molecular weight excluding hydrogens is 419 g/mol. The second-order valence-electron chi connectivity index (χ2n) is 7.22. The highest BCUT2D eigenvalue weighted by atomic mass is 32.2. The van der Waals surface area contributed by atoms with Crippen molar-refractivity contribution in [3.63, 3.8) is 0 Å². The van der Waals surface area contributed by atoms with Crippen molar-refractivity contribution in [1.82, 2.24) is 10.2 Å². The first-order chi connectivity index (χ1) is 14.1. The number of halogens is 1. The summed E-state index contributed by atoms with van der Waals surface area (Å²) < 4.78 is 43.4. The molecule has 1 saturated heterocycles. The number of carbonyl (C=O) groups is 3. The van der Waals surface area contributed by atoms with E-state index < -0.39 is 40.2 Å². The second-order valence-corrected chi connectivity index (χ2v) is 9.45. The Hall–Kier alpha value is -2.69. The Bertz CT molecular complexity index is 904. The number of unbranched alkanes of at least 4 members (excludes halogenated alkanes) is 2. The van der Waals surface area contributed by atoms with Crippen LogP contribution in [0, 0.1) is 5.82 Å². The minimum absolute atomic E-state index is 0.0218. The van der Waals surface area contributed by atoms with Gasteiger partial charge < -0.3 is 14.7 Å². The maximum Gasteiger partial charge on any atom is 0.341 e. The Morgan fingerprint density at radius 2 is 2.03 bits per heavy atom. The van der Waals surface area contributed by atoms with E-state index >= 15 is 0 Å². The van der Waals surface area contributed by atoms with E-state index in [2.05, 4.69) is 5.32 Å². The van der Waals surface area contributed by atoms with Crippen LogP contribution >= 0.6 is 0 Å². The molecule has 0 aromatic heterocycles. The first-order valence-electron chi connectivity index (χ1n) is 9.50. The number of urea groups is 1. The van der Waals surface area contributed by atoms with Crippen molar-refractivity contribution in [2.24, 2.45) is 0 Å². The van der Waals surface area contributed by atoms with Crippen molar-refractivity contribution >= 4 is 27.7 Å². The van der Waals surface area contributed by atoms with Gasteiger partial charge in [0.1, 0.15) is 6.54 Å². The Morgan fingerprint density at radius 3 is 2.67 bits per heavy atom. The van der Waals surface area contributed by atoms with Gasteiger partial charge in [0.2, 0.25) is 5.91 Å². The predicted molar refractivity (Wildman–Crippen MR) is 106 cm³/mol. The molecule has 0 saturated carbocycles. The minimum Gasteiger partial charge on any atom is -0.479 e. The van der Waals surface area contributed by atoms with Gasteiger partial charge in [-0.05, 0) is 36.5 Å². The summed E-state index contributed by atoms with van der Waals surface area (Å²) >= 11 is 0. The summed E-state index contributed by atoms with van der Waals surface area (Å²) in [6.45, 7) is 1.42. The number of rotatable bonds is 12. The van der Waals surface area contributed by atoms with Crippen LogP contribution in [0.15, 0.2) is 18.2 Å². The quantitative estimate of drug-likeness (QED) is 0.369. The number of benzene rings is 1. The van der Waals surface area contributed by atoms with Crippen molar-refractivity contribution in [3.8, 4) is 5.75 Å². The molecule has 1 aliphatic rings. The van der Waals surface area contributed by atoms with E-state index in [0.717, 1.165) is 6.07 Å². The van der Waals surface area contributed by atoms with E-state index in [1.807, 2.05) is 0 Å². The molecule has 30 heavy (non-hydrogen) atoms. The van der Waals surface area contributed by atoms with Crippen LogP contribution < -0.4 is 10.1 Å². The third kappa shape index (κ3) is 7.29. The molecule has 1 aliphatic heterocycles. The summed E-state index contributed by atoms with van der Waals surface area (Å²) in [5.74, 6) is -3.12. The number of sulfone groups is 1. The van der Waals surface area contributed by atoms with Crippen molar-refractivity contribution in [2.45, 2.75) is 32.1 Å². The topological polar surface area (TPSA) is 130 Å². The molecule has 0 unspecified atom stereocenters. The molecule has 0 radical (unpaired) electrons. The van der Waals surface area contributed by atoms with Crippen molar-refractivity contribution in [2.75, 3.05) is 31.2 Å². The number of amides is 3. The minimum atomic E-state index is -3.37. The summed E-state index contributed by atoms with van der Waals surface area (Å²) in [7, 11) is -3.37. The maximum absolute atomic E-state index is 13.7. The Labute approximate surface area is 174 Å². The zero-order valence-corrected chi connectivity index (χ0v) is 17.4. The van der Waals surface area contributed by atoms with Crippen molar-refractivity contribution in [1.29, 1.82) is 0 Å². The highest BCUT2D eigenvalue weighted by molar-refractivity contribution is 7.91. The van der Waals surface area contributed by atoms with E-state index in [4.69, 9.17) is 9.84 Å². The number of carboxylic acid groups (broad SMARTS) is 1. The molecule has 1 atom stereocenters. The summed E-state index contributed by atoms with van der Waals surface area (Å²) in [5, 5.41) is 10.8. The molecule has 2 rings (SSSR count). The standard InChI is InChI=1S/C19H25FN2O7S/c1-13(14-5-6-15(20)16(9-14)29-11-18(24)25)12-30(27,28)8-4-2-3-7-22-10-17(23)21-19(22)26/h5-6,9,13H,2-4,7-8,10-12H2,1H3,(H,24,25)(H,21,23,26)/t13-/m0/s1. The van der Waals surface area contributed by atoms with Crippen LogP contribution in [-0.2, 0) is 19.4 Å². The van der Waals surface area contributed by atoms with E-state index in [-0.39, 0.29) is 29.7 Å². The first kappa shape index (κ1) is 23.6. The smallest absolute Gasteiger partial charge is 0.341 e. The van der Waals surface area contributed by atoms with Gasteiger partial charge in [-0.3, -0.25) is 10.1 Å². The van der Waals surface area contributed by atoms with Gasteiger partial charge in [0.25, 0.3) is 0 Å². The molecular formula is C19H25FN2O7S. The fourth-order valence-corrected chi connectivity index (χ4v) is 4.87. The largest absolute Gasteiger partial charge is 0.479 e. The number of imide groups is 1. The highest BCUT2D eigenvalue weighted by Gasteiger charge is 2.25. The number of aliphatic carboxylic acids is 1. The number of nitrogens with zero attached hydrogens (tertiary/aromatic N) is 1. The second kappa shape index (κ2) is 10.4. The fraction of sp³-hybridized carbons (Fsp3) is 0.526. The summed E-state index contributed by atoms with van der Waals surface area (Å²) in [6.07, 6.45) is 1.61. The van der Waals surface area contributed by atoms with E-state index in [0.29, 0.717) is 31.4 Å². The average molecular weight is 444 g/mol. The lowest BCUT2D eigenvalue weighted by atomic mass is 10.0. The molecule has 11 heteroatoms. The lowest BCUT2D eigenvalue weighted by Crippen LogP contribution is -2.29. The van der Waals surface area contributed by atoms with Gasteiger partial charge in [0.15, 0.2) is 28.0 Å². The average Bonchev–Trinajstić information content (AvgIpc) is 2.97. The molecule has 3 amide bonds. The Morgan fingerprint density at radius 1 is 1.30 bits per heavy atom. The van der Waals surface area contributed by atoms with Crippen molar-refractivity contribution in [3.05, 3.63) is 29.6 Å². The molecule has 1 aromatic carbocycles. The number of carbonyl (C=O) groups excluding carboxylic acids is 2. The van der Waals surface area contributed by atoms with Crippen LogP contribution in [0.1, 0.15) is 37.7 Å². The van der Waals surface area contributed by atoms with Crippen LogP contribution in [0.2, 0.25) is 0 Å². The van der Waals surface area contributed by atoms with Gasteiger partial charge in [-0.25, -0.2) is 22.4 Å². The maximum atomic E-state index is 13.7. The number of hydrogen-bond donors (Lipinski definition) is 2. The molecule has 1 heterocycles.